The fourth-order valence-electron chi connectivity index (χ4n) is 0.960. The lowest BCUT2D eigenvalue weighted by Gasteiger charge is -2.14. The molecule has 0 aliphatic carbocycles. The van der Waals surface area contributed by atoms with Gasteiger partial charge in [0.15, 0.2) is 0 Å². The summed E-state index contributed by atoms with van der Waals surface area (Å²) in [4.78, 5) is 3.83. The van der Waals surface area contributed by atoms with Crippen molar-refractivity contribution in [2.24, 2.45) is 0 Å². The molecule has 74 valence electrons. The van der Waals surface area contributed by atoms with Crippen molar-refractivity contribution in [1.29, 1.82) is 5.26 Å². The van der Waals surface area contributed by atoms with Crippen LogP contribution in [0.4, 0.5) is 0 Å². The Kier molecular flexibility index (Phi) is 3.84. The predicted molar refractivity (Wildman–Crippen MR) is 50.6 cm³/mol. The molecule has 1 heterocycles. The summed E-state index contributed by atoms with van der Waals surface area (Å²) in [6, 6.07) is 6.48. The van der Waals surface area contributed by atoms with Crippen LogP contribution in [0.2, 0.25) is 0 Å². The molecule has 4 nitrogen and oxygen atoms in total. The molecule has 0 spiro atoms. The molecule has 0 aliphatic heterocycles. The number of nitriles is 1. The second-order valence-corrected chi connectivity index (χ2v) is 3.03. The third kappa shape index (κ3) is 2.42. The van der Waals surface area contributed by atoms with E-state index in [1.54, 1.807) is 6.07 Å². The smallest absolute Gasteiger partial charge is 0.140 e. The van der Waals surface area contributed by atoms with Gasteiger partial charge in [0.1, 0.15) is 17.9 Å². The van der Waals surface area contributed by atoms with Crippen LogP contribution in [-0.4, -0.2) is 27.2 Å². The lowest BCUT2D eigenvalue weighted by Crippen LogP contribution is -2.20. The molecular formula is C9H9ClN2O2. The third-order valence-electron chi connectivity index (χ3n) is 1.71. The Morgan fingerprint density at radius 2 is 2.21 bits per heavy atom. The first-order valence-corrected chi connectivity index (χ1v) is 4.51. The number of nitrogens with zero attached hydrogens (tertiary/aromatic N) is 2. The van der Waals surface area contributed by atoms with E-state index >= 15 is 0 Å². The van der Waals surface area contributed by atoms with Crippen molar-refractivity contribution in [3.63, 3.8) is 0 Å². The molecule has 0 radical (unpaired) electrons. The van der Waals surface area contributed by atoms with Crippen molar-refractivity contribution in [3.05, 3.63) is 29.6 Å². The van der Waals surface area contributed by atoms with E-state index in [1.165, 1.54) is 12.1 Å². The van der Waals surface area contributed by atoms with Crippen LogP contribution >= 0.6 is 11.6 Å². The summed E-state index contributed by atoms with van der Waals surface area (Å²) in [7, 11) is 0. The van der Waals surface area contributed by atoms with Crippen LogP contribution in [0.3, 0.4) is 0 Å². The fourth-order valence-corrected chi connectivity index (χ4v) is 1.13. The van der Waals surface area contributed by atoms with Crippen LogP contribution in [0, 0.1) is 11.3 Å². The number of aliphatic hydroxyl groups is 2. The molecular weight excluding hydrogens is 204 g/mol. The molecule has 1 aromatic heterocycles. The van der Waals surface area contributed by atoms with Crippen LogP contribution in [0.15, 0.2) is 18.2 Å². The highest BCUT2D eigenvalue weighted by atomic mass is 35.5. The second-order valence-electron chi connectivity index (χ2n) is 2.73. The van der Waals surface area contributed by atoms with Gasteiger partial charge in [0.2, 0.25) is 0 Å². The number of hydrogen-bond donors (Lipinski definition) is 2. The van der Waals surface area contributed by atoms with Gasteiger partial charge in [-0.2, -0.15) is 5.26 Å². The number of hydrogen-bond acceptors (Lipinski definition) is 4. The third-order valence-corrected chi connectivity index (χ3v) is 2.03. The lowest BCUT2D eigenvalue weighted by molar-refractivity contribution is 0.0300. The highest BCUT2D eigenvalue weighted by molar-refractivity contribution is 6.18. The van der Waals surface area contributed by atoms with Crippen molar-refractivity contribution < 1.29 is 10.2 Å². The van der Waals surface area contributed by atoms with Crippen molar-refractivity contribution in [1.82, 2.24) is 4.98 Å². The Labute approximate surface area is 86.4 Å². The first-order valence-electron chi connectivity index (χ1n) is 3.98. The topological polar surface area (TPSA) is 77.1 Å². The molecule has 0 fully saturated rings. The van der Waals surface area contributed by atoms with E-state index < -0.39 is 12.2 Å². The standard InChI is InChI=1S/C9H9ClN2O2/c10-4-8(13)9(14)7-3-1-2-6(5-11)12-7/h1-3,8-9,13-14H,4H2. The minimum atomic E-state index is -1.15. The van der Waals surface area contributed by atoms with Gasteiger partial charge < -0.3 is 10.2 Å². The molecule has 0 bridgehead atoms. The fraction of sp³-hybridized carbons (Fsp3) is 0.333. The SMILES string of the molecule is N#Cc1cccc(C(O)C(O)CCl)n1. The van der Waals surface area contributed by atoms with Crippen LogP contribution in [-0.2, 0) is 0 Å². The summed E-state index contributed by atoms with van der Waals surface area (Å²) in [5.74, 6) is -0.0837. The minimum Gasteiger partial charge on any atom is -0.389 e. The number of halogens is 1. The van der Waals surface area contributed by atoms with E-state index in [9.17, 15) is 10.2 Å². The van der Waals surface area contributed by atoms with E-state index in [0.29, 0.717) is 0 Å². The molecule has 2 N–H and O–H groups in total. The first-order chi connectivity index (χ1) is 6.69. The van der Waals surface area contributed by atoms with E-state index in [-0.39, 0.29) is 17.3 Å². The number of aliphatic hydroxyl groups excluding tert-OH is 2. The zero-order chi connectivity index (χ0) is 10.6. The Morgan fingerprint density at radius 3 is 2.79 bits per heavy atom. The van der Waals surface area contributed by atoms with E-state index in [1.807, 2.05) is 6.07 Å². The Balaban J connectivity index is 2.91. The number of rotatable bonds is 3. The van der Waals surface area contributed by atoms with Crippen molar-refractivity contribution in [3.8, 4) is 6.07 Å². The maximum absolute atomic E-state index is 9.50. The van der Waals surface area contributed by atoms with Gasteiger partial charge in [-0.15, -0.1) is 11.6 Å². The van der Waals surface area contributed by atoms with E-state index in [4.69, 9.17) is 16.9 Å². The Hall–Kier alpha value is -1.15. The zero-order valence-corrected chi connectivity index (χ0v) is 8.02. The zero-order valence-electron chi connectivity index (χ0n) is 7.26. The largest absolute Gasteiger partial charge is 0.389 e. The van der Waals surface area contributed by atoms with Crippen molar-refractivity contribution in [2.45, 2.75) is 12.2 Å². The molecule has 0 aliphatic rings. The van der Waals surface area contributed by atoms with Gasteiger partial charge in [0.05, 0.1) is 17.7 Å². The lowest BCUT2D eigenvalue weighted by atomic mass is 10.1. The summed E-state index contributed by atoms with van der Waals surface area (Å²) < 4.78 is 0. The monoisotopic (exact) mass is 212 g/mol. The van der Waals surface area contributed by atoms with Gasteiger partial charge in [-0.1, -0.05) is 6.07 Å². The highest BCUT2D eigenvalue weighted by Gasteiger charge is 2.18. The van der Waals surface area contributed by atoms with Gasteiger partial charge in [-0.05, 0) is 12.1 Å². The van der Waals surface area contributed by atoms with Gasteiger partial charge in [-0.25, -0.2) is 4.98 Å². The maximum Gasteiger partial charge on any atom is 0.140 e. The predicted octanol–water partition coefficient (Wildman–Crippen LogP) is 0.586. The molecule has 0 amide bonds. The maximum atomic E-state index is 9.50. The summed E-state index contributed by atoms with van der Waals surface area (Å²) >= 11 is 5.37. The van der Waals surface area contributed by atoms with Crippen LogP contribution in [0.1, 0.15) is 17.5 Å². The molecule has 5 heteroatoms. The van der Waals surface area contributed by atoms with Crippen LogP contribution < -0.4 is 0 Å². The van der Waals surface area contributed by atoms with Gasteiger partial charge in [0, 0.05) is 0 Å². The Morgan fingerprint density at radius 1 is 1.50 bits per heavy atom. The number of aromatic nitrogens is 1. The summed E-state index contributed by atoms with van der Waals surface area (Å²) in [6.45, 7) is 0. The molecule has 2 atom stereocenters. The average Bonchev–Trinajstić information content (AvgIpc) is 2.27. The highest BCUT2D eigenvalue weighted by Crippen LogP contribution is 2.15. The average molecular weight is 213 g/mol. The summed E-state index contributed by atoms with van der Waals surface area (Å²) in [6.07, 6.45) is -2.22. The molecule has 0 aromatic carbocycles. The first kappa shape index (κ1) is 10.9. The van der Waals surface area contributed by atoms with Crippen LogP contribution in [0.25, 0.3) is 0 Å². The van der Waals surface area contributed by atoms with Crippen molar-refractivity contribution in [2.75, 3.05) is 5.88 Å². The molecule has 0 saturated heterocycles. The minimum absolute atomic E-state index is 0.0837. The molecule has 14 heavy (non-hydrogen) atoms. The number of alkyl halides is 1. The van der Waals surface area contributed by atoms with Gasteiger partial charge in [0.25, 0.3) is 0 Å². The quantitative estimate of drug-likeness (QED) is 0.719. The molecule has 0 saturated carbocycles. The molecule has 1 aromatic rings. The molecule has 1 rings (SSSR count). The van der Waals surface area contributed by atoms with Crippen molar-refractivity contribution >= 4 is 11.6 Å². The second kappa shape index (κ2) is 4.91. The molecule has 2 unspecified atom stereocenters. The van der Waals surface area contributed by atoms with E-state index in [0.717, 1.165) is 0 Å². The normalized spacial score (nSPS) is 14.4. The number of pyridine rings is 1. The van der Waals surface area contributed by atoms with Gasteiger partial charge >= 0.3 is 0 Å². The Bertz CT molecular complexity index is 351. The summed E-state index contributed by atoms with van der Waals surface area (Å²) in [5.41, 5.74) is 0.445. The van der Waals surface area contributed by atoms with E-state index in [2.05, 4.69) is 4.98 Å². The van der Waals surface area contributed by atoms with Gasteiger partial charge in [-0.3, -0.25) is 0 Å². The summed E-state index contributed by atoms with van der Waals surface area (Å²) in [5, 5.41) is 27.3. The van der Waals surface area contributed by atoms with Crippen LogP contribution in [0.5, 0.6) is 0 Å².